The molecular weight excluding hydrogens is 298 g/mol. The fourth-order valence-electron chi connectivity index (χ4n) is 3.51. The summed E-state index contributed by atoms with van der Waals surface area (Å²) in [4.78, 5) is 19.4. The molecule has 0 bridgehead atoms. The van der Waals surface area contributed by atoms with Crippen LogP contribution >= 0.6 is 0 Å². The highest BCUT2D eigenvalue weighted by molar-refractivity contribution is 5.85. The van der Waals surface area contributed by atoms with Gasteiger partial charge in [-0.2, -0.15) is 0 Å². The number of anilines is 1. The molecule has 4 heteroatoms. The molecule has 2 aromatic rings. The monoisotopic (exact) mass is 323 g/mol. The minimum Gasteiger partial charge on any atom is -0.357 e. The van der Waals surface area contributed by atoms with Gasteiger partial charge in [0.25, 0.3) is 0 Å². The Morgan fingerprint density at radius 1 is 1.21 bits per heavy atom. The second-order valence-corrected chi connectivity index (χ2v) is 6.17. The molecule has 1 atom stereocenters. The van der Waals surface area contributed by atoms with Crippen LogP contribution in [0.5, 0.6) is 0 Å². The van der Waals surface area contributed by atoms with E-state index in [1.165, 1.54) is 11.1 Å². The molecule has 1 N–H and O–H groups in total. The number of carbonyl (C=O) groups is 1. The fraction of sp³-hybridized carbons (Fsp3) is 0.400. The number of fused-ring (bicyclic) bond motifs is 1. The summed E-state index contributed by atoms with van der Waals surface area (Å²) >= 11 is 0. The van der Waals surface area contributed by atoms with E-state index in [1.807, 2.05) is 30.5 Å². The standard InChI is InChI=1S/C20H25N3O/c1-3-23(4-2)19-16(9-7-13-21-19)14-22-20(24)18-12-11-15-8-5-6-10-17(15)18/h5-10,13,18H,3-4,11-12,14H2,1-2H3,(H,22,24)/t18-/m0/s1. The predicted molar refractivity (Wildman–Crippen MR) is 97.1 cm³/mol. The van der Waals surface area contributed by atoms with Crippen LogP contribution in [-0.4, -0.2) is 24.0 Å². The van der Waals surface area contributed by atoms with Crippen molar-refractivity contribution in [1.82, 2.24) is 10.3 Å². The Kier molecular flexibility index (Phi) is 5.14. The summed E-state index contributed by atoms with van der Waals surface area (Å²) in [5.74, 6) is 1.07. The molecule has 1 aromatic heterocycles. The maximum absolute atomic E-state index is 12.7. The minimum absolute atomic E-state index is 0.0187. The second-order valence-electron chi connectivity index (χ2n) is 6.17. The van der Waals surface area contributed by atoms with Gasteiger partial charge in [0, 0.05) is 31.4 Å². The zero-order valence-corrected chi connectivity index (χ0v) is 14.5. The summed E-state index contributed by atoms with van der Waals surface area (Å²) in [6.07, 6.45) is 3.71. The summed E-state index contributed by atoms with van der Waals surface area (Å²) < 4.78 is 0. The first-order valence-electron chi connectivity index (χ1n) is 8.79. The van der Waals surface area contributed by atoms with Crippen LogP contribution in [0, 0.1) is 0 Å². The minimum atomic E-state index is -0.0187. The lowest BCUT2D eigenvalue weighted by Gasteiger charge is -2.23. The quantitative estimate of drug-likeness (QED) is 0.887. The lowest BCUT2D eigenvalue weighted by molar-refractivity contribution is -0.122. The topological polar surface area (TPSA) is 45.2 Å². The van der Waals surface area contributed by atoms with Crippen molar-refractivity contribution >= 4 is 11.7 Å². The third kappa shape index (κ3) is 3.28. The van der Waals surface area contributed by atoms with Gasteiger partial charge in [-0.3, -0.25) is 4.79 Å². The molecule has 0 saturated heterocycles. The number of benzene rings is 1. The number of carbonyl (C=O) groups excluding carboxylic acids is 1. The smallest absolute Gasteiger partial charge is 0.227 e. The number of aryl methyl sites for hydroxylation is 1. The highest BCUT2D eigenvalue weighted by Crippen LogP contribution is 2.33. The first-order valence-corrected chi connectivity index (χ1v) is 8.79. The molecular formula is C20H25N3O. The number of hydrogen-bond acceptors (Lipinski definition) is 3. The molecule has 3 rings (SSSR count). The Morgan fingerprint density at radius 2 is 2.00 bits per heavy atom. The van der Waals surface area contributed by atoms with Crippen molar-refractivity contribution in [3.63, 3.8) is 0 Å². The molecule has 1 aliphatic rings. The molecule has 1 aromatic carbocycles. The van der Waals surface area contributed by atoms with Crippen LogP contribution in [0.2, 0.25) is 0 Å². The van der Waals surface area contributed by atoms with Crippen LogP contribution in [0.25, 0.3) is 0 Å². The number of pyridine rings is 1. The Morgan fingerprint density at radius 3 is 2.79 bits per heavy atom. The van der Waals surface area contributed by atoms with Crippen LogP contribution in [-0.2, 0) is 17.8 Å². The van der Waals surface area contributed by atoms with Crippen molar-refractivity contribution in [2.45, 2.75) is 39.2 Å². The number of aromatic nitrogens is 1. The molecule has 126 valence electrons. The Labute approximate surface area is 143 Å². The summed E-state index contributed by atoms with van der Waals surface area (Å²) in [5.41, 5.74) is 3.56. The van der Waals surface area contributed by atoms with Gasteiger partial charge >= 0.3 is 0 Å². The van der Waals surface area contributed by atoms with Gasteiger partial charge in [0.1, 0.15) is 5.82 Å². The van der Waals surface area contributed by atoms with Gasteiger partial charge in [-0.25, -0.2) is 4.98 Å². The average Bonchev–Trinajstić information content (AvgIpc) is 3.06. The Balaban J connectivity index is 1.70. The zero-order valence-electron chi connectivity index (χ0n) is 14.5. The summed E-state index contributed by atoms with van der Waals surface area (Å²) in [6, 6.07) is 12.2. The molecule has 0 aliphatic heterocycles. The van der Waals surface area contributed by atoms with E-state index in [1.54, 1.807) is 0 Å². The van der Waals surface area contributed by atoms with E-state index in [0.717, 1.165) is 37.3 Å². The molecule has 1 heterocycles. The van der Waals surface area contributed by atoms with E-state index in [-0.39, 0.29) is 11.8 Å². The van der Waals surface area contributed by atoms with Crippen LogP contribution in [0.4, 0.5) is 5.82 Å². The average molecular weight is 323 g/mol. The molecule has 0 radical (unpaired) electrons. The molecule has 0 saturated carbocycles. The number of hydrogen-bond donors (Lipinski definition) is 1. The molecule has 0 fully saturated rings. The van der Waals surface area contributed by atoms with E-state index >= 15 is 0 Å². The molecule has 1 amide bonds. The normalized spacial score (nSPS) is 15.8. The van der Waals surface area contributed by atoms with Gasteiger partial charge in [0.2, 0.25) is 5.91 Å². The maximum atomic E-state index is 12.7. The zero-order chi connectivity index (χ0) is 16.9. The van der Waals surface area contributed by atoms with Gasteiger partial charge in [0.05, 0.1) is 5.92 Å². The summed E-state index contributed by atoms with van der Waals surface area (Å²) in [6.45, 7) is 6.58. The highest BCUT2D eigenvalue weighted by atomic mass is 16.1. The van der Waals surface area contributed by atoms with E-state index in [4.69, 9.17) is 0 Å². The summed E-state index contributed by atoms with van der Waals surface area (Å²) in [7, 11) is 0. The third-order valence-corrected chi connectivity index (χ3v) is 4.83. The van der Waals surface area contributed by atoms with Crippen LogP contribution in [0.1, 0.15) is 42.9 Å². The van der Waals surface area contributed by atoms with E-state index < -0.39 is 0 Å². The molecule has 1 aliphatic carbocycles. The van der Waals surface area contributed by atoms with Gasteiger partial charge in [-0.1, -0.05) is 30.3 Å². The largest absolute Gasteiger partial charge is 0.357 e. The van der Waals surface area contributed by atoms with Gasteiger partial charge in [-0.15, -0.1) is 0 Å². The Hall–Kier alpha value is -2.36. The van der Waals surface area contributed by atoms with Gasteiger partial charge in [-0.05, 0) is 43.9 Å². The molecule has 4 nitrogen and oxygen atoms in total. The number of amides is 1. The van der Waals surface area contributed by atoms with Crippen LogP contribution in [0.3, 0.4) is 0 Å². The predicted octanol–water partition coefficient (Wildman–Crippen LogP) is 3.27. The van der Waals surface area contributed by atoms with E-state index in [9.17, 15) is 4.79 Å². The molecule has 24 heavy (non-hydrogen) atoms. The van der Waals surface area contributed by atoms with Crippen molar-refractivity contribution in [2.24, 2.45) is 0 Å². The maximum Gasteiger partial charge on any atom is 0.227 e. The van der Waals surface area contributed by atoms with Crippen molar-refractivity contribution in [3.05, 3.63) is 59.3 Å². The van der Waals surface area contributed by atoms with Crippen molar-refractivity contribution in [3.8, 4) is 0 Å². The first kappa shape index (κ1) is 16.5. The van der Waals surface area contributed by atoms with Crippen LogP contribution in [0.15, 0.2) is 42.6 Å². The Bertz CT molecular complexity index is 710. The fourth-order valence-corrected chi connectivity index (χ4v) is 3.51. The van der Waals surface area contributed by atoms with Crippen LogP contribution < -0.4 is 10.2 Å². The molecule has 0 unspecified atom stereocenters. The van der Waals surface area contributed by atoms with Crippen molar-refractivity contribution in [1.29, 1.82) is 0 Å². The van der Waals surface area contributed by atoms with Gasteiger partial charge in [0.15, 0.2) is 0 Å². The first-order chi connectivity index (χ1) is 11.7. The van der Waals surface area contributed by atoms with E-state index in [0.29, 0.717) is 6.54 Å². The van der Waals surface area contributed by atoms with Crippen molar-refractivity contribution < 1.29 is 4.79 Å². The lowest BCUT2D eigenvalue weighted by atomic mass is 10.0. The number of nitrogens with zero attached hydrogens (tertiary/aromatic N) is 2. The number of nitrogens with one attached hydrogen (secondary N) is 1. The van der Waals surface area contributed by atoms with Gasteiger partial charge < -0.3 is 10.2 Å². The lowest BCUT2D eigenvalue weighted by Crippen LogP contribution is -2.30. The SMILES string of the molecule is CCN(CC)c1ncccc1CNC(=O)[C@H]1CCc2ccccc21. The number of rotatable bonds is 6. The molecule has 0 spiro atoms. The summed E-state index contributed by atoms with van der Waals surface area (Å²) in [5, 5.41) is 3.12. The second kappa shape index (κ2) is 7.47. The highest BCUT2D eigenvalue weighted by Gasteiger charge is 2.28. The van der Waals surface area contributed by atoms with E-state index in [2.05, 4.69) is 41.2 Å². The van der Waals surface area contributed by atoms with Crippen molar-refractivity contribution in [2.75, 3.05) is 18.0 Å². The third-order valence-electron chi connectivity index (χ3n) is 4.83.